The zero-order valence-corrected chi connectivity index (χ0v) is 22.9. The monoisotopic (exact) mass is 542 g/mol. The molecule has 164 valence electrons. The van der Waals surface area contributed by atoms with Crippen molar-refractivity contribution in [3.63, 3.8) is 0 Å². The van der Waals surface area contributed by atoms with Crippen molar-refractivity contribution in [2.75, 3.05) is 0 Å². The third-order valence-corrected chi connectivity index (χ3v) is 4.55. The standard InChI is InChI=1S/2C11H13ClO3.Sr/c2*1-3-9(11(13)14)15-10-5-4-8(12)6-7(10)2;/h2*4-6,9H,3H2,1-2H3,(H,13,14);/q;;+2/p-2. The molecule has 0 saturated heterocycles. The maximum Gasteiger partial charge on any atom is 2.00 e. The first kappa shape index (κ1) is 30.0. The molecular weight excluding hydrogens is 519 g/mol. The van der Waals surface area contributed by atoms with Gasteiger partial charge in [0.2, 0.25) is 0 Å². The van der Waals surface area contributed by atoms with Crippen molar-refractivity contribution in [3.8, 4) is 11.5 Å². The van der Waals surface area contributed by atoms with Crippen molar-refractivity contribution in [1.82, 2.24) is 0 Å². The minimum absolute atomic E-state index is 0. The topological polar surface area (TPSA) is 98.7 Å². The number of ether oxygens (including phenoxy) is 2. The molecule has 0 heterocycles. The number of aryl methyl sites for hydroxylation is 2. The van der Waals surface area contributed by atoms with Gasteiger partial charge in [-0.3, -0.25) is 0 Å². The van der Waals surface area contributed by atoms with Crippen LogP contribution in [0.4, 0.5) is 0 Å². The molecule has 0 aliphatic rings. The third kappa shape index (κ3) is 10.5. The molecule has 0 aliphatic carbocycles. The van der Waals surface area contributed by atoms with Crippen LogP contribution in [0.25, 0.3) is 0 Å². The molecule has 0 aliphatic heterocycles. The number of carbonyl (C=O) groups excluding carboxylic acids is 2. The van der Waals surface area contributed by atoms with Crippen molar-refractivity contribution in [2.24, 2.45) is 0 Å². The van der Waals surface area contributed by atoms with Gasteiger partial charge in [-0.1, -0.05) is 37.0 Å². The normalized spacial score (nSPS) is 11.8. The first-order valence-electron chi connectivity index (χ1n) is 9.36. The van der Waals surface area contributed by atoms with Crippen LogP contribution in [0.1, 0.15) is 37.8 Å². The van der Waals surface area contributed by atoms with Gasteiger partial charge < -0.3 is 29.3 Å². The molecule has 31 heavy (non-hydrogen) atoms. The van der Waals surface area contributed by atoms with Gasteiger partial charge in [0, 0.05) is 10.0 Å². The maximum atomic E-state index is 10.7. The molecule has 2 unspecified atom stereocenters. The Morgan fingerprint density at radius 3 is 1.35 bits per heavy atom. The van der Waals surface area contributed by atoms with E-state index >= 15 is 0 Å². The molecule has 0 amide bonds. The maximum absolute atomic E-state index is 10.7. The van der Waals surface area contributed by atoms with Crippen LogP contribution < -0.4 is 19.7 Å². The van der Waals surface area contributed by atoms with Crippen LogP contribution in [0.15, 0.2) is 36.4 Å². The summed E-state index contributed by atoms with van der Waals surface area (Å²) in [6.07, 6.45) is -1.09. The molecule has 9 heteroatoms. The fourth-order valence-corrected chi connectivity index (χ4v) is 2.85. The van der Waals surface area contributed by atoms with Crippen molar-refractivity contribution >= 4 is 80.6 Å². The Kier molecular flexibility index (Phi) is 14.5. The minimum atomic E-state index is -1.20. The quantitative estimate of drug-likeness (QED) is 0.476. The van der Waals surface area contributed by atoms with E-state index in [-0.39, 0.29) is 45.5 Å². The van der Waals surface area contributed by atoms with Gasteiger partial charge >= 0.3 is 45.5 Å². The molecular formula is C22H24Cl2O6Sr. The van der Waals surface area contributed by atoms with E-state index in [1.165, 1.54) is 0 Å². The number of benzene rings is 2. The van der Waals surface area contributed by atoms with E-state index in [2.05, 4.69) is 0 Å². The fourth-order valence-electron chi connectivity index (χ4n) is 2.39. The number of hydrogen-bond acceptors (Lipinski definition) is 6. The smallest absolute Gasteiger partial charge is 0.546 e. The predicted octanol–water partition coefficient (Wildman–Crippen LogP) is 2.73. The molecule has 2 atom stereocenters. The summed E-state index contributed by atoms with van der Waals surface area (Å²) in [5.41, 5.74) is 1.62. The molecule has 0 radical (unpaired) electrons. The third-order valence-electron chi connectivity index (χ3n) is 4.08. The van der Waals surface area contributed by atoms with E-state index in [1.54, 1.807) is 50.2 Å². The number of carboxylic acids is 2. The van der Waals surface area contributed by atoms with Crippen LogP contribution in [-0.4, -0.2) is 69.6 Å². The molecule has 0 bridgehead atoms. The second kappa shape index (κ2) is 15.0. The van der Waals surface area contributed by atoms with Crippen molar-refractivity contribution in [3.05, 3.63) is 57.6 Å². The van der Waals surface area contributed by atoms with Gasteiger partial charge in [-0.05, 0) is 74.2 Å². The van der Waals surface area contributed by atoms with Crippen LogP contribution in [0.2, 0.25) is 10.0 Å². The van der Waals surface area contributed by atoms with Crippen LogP contribution in [0, 0.1) is 13.8 Å². The fraction of sp³-hybridized carbons (Fsp3) is 0.364. The Labute approximate surface area is 229 Å². The first-order valence-corrected chi connectivity index (χ1v) is 10.1. The SMILES string of the molecule is CCC(Oc1ccc(Cl)cc1C)C(=O)[O-].CCC(Oc1ccc(Cl)cc1C)C(=O)[O-].[Sr+2]. The van der Waals surface area contributed by atoms with Crippen molar-refractivity contribution < 1.29 is 29.3 Å². The van der Waals surface area contributed by atoms with Crippen molar-refractivity contribution in [2.45, 2.75) is 52.7 Å². The van der Waals surface area contributed by atoms with Crippen LogP contribution in [0.3, 0.4) is 0 Å². The van der Waals surface area contributed by atoms with Gasteiger partial charge in [0.15, 0.2) is 0 Å². The van der Waals surface area contributed by atoms with Gasteiger partial charge in [0.1, 0.15) is 23.7 Å². The minimum Gasteiger partial charge on any atom is -0.546 e. The molecule has 0 aromatic heterocycles. The number of carbonyl (C=O) groups is 2. The number of hydrogen-bond donors (Lipinski definition) is 0. The van der Waals surface area contributed by atoms with Crippen LogP contribution in [-0.2, 0) is 9.59 Å². The summed E-state index contributed by atoms with van der Waals surface area (Å²) >= 11 is 11.5. The Morgan fingerprint density at radius 1 is 0.806 bits per heavy atom. The van der Waals surface area contributed by atoms with E-state index < -0.39 is 24.1 Å². The van der Waals surface area contributed by atoms with E-state index in [9.17, 15) is 19.8 Å². The molecule has 0 saturated carbocycles. The Balaban J connectivity index is 0.000000562. The van der Waals surface area contributed by atoms with Gasteiger partial charge in [-0.2, -0.15) is 0 Å². The summed E-state index contributed by atoms with van der Waals surface area (Å²) in [5, 5.41) is 22.5. The van der Waals surface area contributed by atoms with Gasteiger partial charge in [-0.15, -0.1) is 0 Å². The van der Waals surface area contributed by atoms with Crippen LogP contribution in [0.5, 0.6) is 11.5 Å². The van der Waals surface area contributed by atoms with Gasteiger partial charge in [0.25, 0.3) is 0 Å². The summed E-state index contributed by atoms with van der Waals surface area (Å²) in [5.74, 6) is -1.36. The number of halogens is 2. The second-order valence-corrected chi connectivity index (χ2v) is 7.36. The summed E-state index contributed by atoms with van der Waals surface area (Å²) in [4.78, 5) is 21.3. The summed E-state index contributed by atoms with van der Waals surface area (Å²) in [6, 6.07) is 10.1. The molecule has 0 spiro atoms. The largest absolute Gasteiger partial charge is 2.00 e. The molecule has 2 aromatic carbocycles. The van der Waals surface area contributed by atoms with Crippen LogP contribution >= 0.6 is 23.2 Å². The van der Waals surface area contributed by atoms with E-state index in [0.717, 1.165) is 11.1 Å². The average molecular weight is 543 g/mol. The van der Waals surface area contributed by atoms with Crippen molar-refractivity contribution in [1.29, 1.82) is 0 Å². The Hall–Kier alpha value is -0.959. The zero-order chi connectivity index (χ0) is 22.8. The average Bonchev–Trinajstić information content (AvgIpc) is 2.67. The predicted molar refractivity (Wildman–Crippen MR) is 118 cm³/mol. The molecule has 6 nitrogen and oxygen atoms in total. The summed E-state index contributed by atoms with van der Waals surface area (Å²) in [6.45, 7) is 7.07. The Bertz CT molecular complexity index is 804. The molecule has 0 N–H and O–H groups in total. The number of rotatable bonds is 8. The number of aliphatic carboxylic acids is 2. The summed E-state index contributed by atoms with van der Waals surface area (Å²) < 4.78 is 10.6. The van der Waals surface area contributed by atoms with Gasteiger partial charge in [-0.25, -0.2) is 0 Å². The summed E-state index contributed by atoms with van der Waals surface area (Å²) in [7, 11) is 0. The van der Waals surface area contributed by atoms with E-state index in [0.29, 0.717) is 34.4 Å². The molecule has 2 aromatic rings. The number of carboxylic acid groups (broad SMARTS) is 2. The first-order chi connectivity index (χ1) is 14.1. The van der Waals surface area contributed by atoms with E-state index in [1.807, 2.05) is 13.8 Å². The molecule has 0 fully saturated rings. The van der Waals surface area contributed by atoms with E-state index in [4.69, 9.17) is 32.7 Å². The second-order valence-electron chi connectivity index (χ2n) is 6.49. The molecule has 2 rings (SSSR count). The zero-order valence-electron chi connectivity index (χ0n) is 17.9. The Morgan fingerprint density at radius 2 is 1.13 bits per heavy atom. The van der Waals surface area contributed by atoms with Gasteiger partial charge in [0.05, 0.1) is 11.9 Å².